The smallest absolute Gasteiger partial charge is 0.287 e. The van der Waals surface area contributed by atoms with E-state index < -0.39 is 5.60 Å². The van der Waals surface area contributed by atoms with E-state index in [-0.39, 0.29) is 5.91 Å². The van der Waals surface area contributed by atoms with Crippen LogP contribution >= 0.6 is 0 Å². The van der Waals surface area contributed by atoms with Crippen molar-refractivity contribution in [3.05, 3.63) is 24.2 Å². The molecule has 1 rings (SSSR count). The molecule has 0 aliphatic rings. The van der Waals surface area contributed by atoms with Gasteiger partial charge >= 0.3 is 0 Å². The predicted octanol–water partition coefficient (Wildman–Crippen LogP) is 1.90. The topological polar surface area (TPSA) is 98.9 Å². The van der Waals surface area contributed by atoms with Crippen molar-refractivity contribution in [1.29, 1.82) is 0 Å². The van der Waals surface area contributed by atoms with Crippen molar-refractivity contribution in [2.75, 3.05) is 26.2 Å². The molecule has 0 saturated carbocycles. The van der Waals surface area contributed by atoms with Crippen LogP contribution in [0.3, 0.4) is 0 Å². The quantitative estimate of drug-likeness (QED) is 0.277. The van der Waals surface area contributed by atoms with Gasteiger partial charge in [-0.3, -0.25) is 9.79 Å². The van der Waals surface area contributed by atoms with Gasteiger partial charge in [-0.2, -0.15) is 0 Å². The number of aliphatic hydroxyl groups is 1. The fraction of sp³-hybridized carbons (Fsp3) is 0.667. The molecule has 142 valence electrons. The number of guanidine groups is 1. The molecular weight excluding hydrogens is 320 g/mol. The van der Waals surface area contributed by atoms with Gasteiger partial charge in [-0.25, -0.2) is 0 Å². The number of furan rings is 1. The number of hydrogen-bond donors (Lipinski definition) is 4. The molecule has 0 bridgehead atoms. The van der Waals surface area contributed by atoms with Crippen LogP contribution < -0.4 is 16.0 Å². The Kier molecular flexibility index (Phi) is 9.69. The second-order valence-corrected chi connectivity index (χ2v) is 6.08. The lowest BCUT2D eigenvalue weighted by Gasteiger charge is -2.26. The van der Waals surface area contributed by atoms with Crippen molar-refractivity contribution in [3.8, 4) is 0 Å². The zero-order chi connectivity index (χ0) is 18.5. The van der Waals surface area contributed by atoms with Crippen LogP contribution in [0.1, 0.15) is 57.0 Å². The van der Waals surface area contributed by atoms with E-state index in [2.05, 4.69) is 34.8 Å². The molecule has 0 spiro atoms. The molecule has 4 N–H and O–H groups in total. The van der Waals surface area contributed by atoms with E-state index in [1.807, 2.05) is 6.92 Å². The Bertz CT molecular complexity index is 508. The minimum atomic E-state index is -0.751. The van der Waals surface area contributed by atoms with Gasteiger partial charge < -0.3 is 25.5 Å². The molecule has 1 amide bonds. The molecule has 0 aliphatic carbocycles. The highest BCUT2D eigenvalue weighted by Gasteiger charge is 2.24. The van der Waals surface area contributed by atoms with Gasteiger partial charge in [0.1, 0.15) is 0 Å². The summed E-state index contributed by atoms with van der Waals surface area (Å²) in [5, 5.41) is 19.7. The molecular formula is C18H32N4O3. The molecule has 0 atom stereocenters. The van der Waals surface area contributed by atoms with Crippen molar-refractivity contribution in [1.82, 2.24) is 16.0 Å². The van der Waals surface area contributed by atoms with Gasteiger partial charge in [-0.05, 0) is 31.9 Å². The largest absolute Gasteiger partial charge is 0.459 e. The summed E-state index contributed by atoms with van der Waals surface area (Å²) in [5.74, 6) is 0.694. The maximum absolute atomic E-state index is 11.8. The van der Waals surface area contributed by atoms with E-state index in [0.717, 1.165) is 32.2 Å². The van der Waals surface area contributed by atoms with E-state index in [1.54, 1.807) is 12.1 Å². The van der Waals surface area contributed by atoms with Gasteiger partial charge in [0.25, 0.3) is 5.91 Å². The van der Waals surface area contributed by atoms with E-state index >= 15 is 0 Å². The summed E-state index contributed by atoms with van der Waals surface area (Å²) in [6.45, 7) is 8.18. The lowest BCUT2D eigenvalue weighted by Crippen LogP contribution is -2.43. The van der Waals surface area contributed by atoms with E-state index in [1.165, 1.54) is 6.26 Å². The normalized spacial score (nSPS) is 12.1. The van der Waals surface area contributed by atoms with Crippen LogP contribution in [-0.2, 0) is 0 Å². The Balaban J connectivity index is 2.45. The second-order valence-electron chi connectivity index (χ2n) is 6.08. The Morgan fingerprint density at radius 2 is 1.84 bits per heavy atom. The SMILES string of the molecule is CCCC(O)(CCC)CN=C(NCC)NCCNC(=O)c1ccco1. The van der Waals surface area contributed by atoms with Crippen LogP contribution in [0.15, 0.2) is 27.8 Å². The first-order valence-corrected chi connectivity index (χ1v) is 9.11. The number of amides is 1. The van der Waals surface area contributed by atoms with E-state index in [0.29, 0.717) is 31.4 Å². The molecule has 0 radical (unpaired) electrons. The number of nitrogens with one attached hydrogen (secondary N) is 3. The Hall–Kier alpha value is -2.02. The summed E-state index contributed by atoms with van der Waals surface area (Å²) in [6, 6.07) is 3.30. The average molecular weight is 352 g/mol. The predicted molar refractivity (Wildman–Crippen MR) is 99.8 cm³/mol. The fourth-order valence-electron chi connectivity index (χ4n) is 2.63. The molecule has 1 aromatic heterocycles. The van der Waals surface area contributed by atoms with Gasteiger partial charge in [-0.1, -0.05) is 26.7 Å². The van der Waals surface area contributed by atoms with Crippen molar-refractivity contribution in [2.24, 2.45) is 4.99 Å². The molecule has 1 heterocycles. The number of carbonyl (C=O) groups is 1. The van der Waals surface area contributed by atoms with E-state index in [4.69, 9.17) is 4.42 Å². The van der Waals surface area contributed by atoms with Gasteiger partial charge in [0.15, 0.2) is 11.7 Å². The third-order valence-electron chi connectivity index (χ3n) is 3.75. The summed E-state index contributed by atoms with van der Waals surface area (Å²) >= 11 is 0. The number of rotatable bonds is 11. The fourth-order valence-corrected chi connectivity index (χ4v) is 2.63. The molecule has 7 nitrogen and oxygen atoms in total. The number of aliphatic imine (C=N–C) groups is 1. The van der Waals surface area contributed by atoms with Crippen molar-refractivity contribution >= 4 is 11.9 Å². The van der Waals surface area contributed by atoms with Crippen LogP contribution in [0.4, 0.5) is 0 Å². The summed E-state index contributed by atoms with van der Waals surface area (Å²) in [5.41, 5.74) is -0.751. The van der Waals surface area contributed by atoms with Gasteiger partial charge in [-0.15, -0.1) is 0 Å². The standard InChI is InChI=1S/C18H32N4O3/c1-4-9-18(24,10-5-2)14-22-17(19-6-3)21-12-11-20-16(23)15-8-7-13-25-15/h7-8,13,24H,4-6,9-12,14H2,1-3H3,(H,20,23)(H2,19,21,22). The summed E-state index contributed by atoms with van der Waals surface area (Å²) in [4.78, 5) is 16.3. The lowest BCUT2D eigenvalue weighted by atomic mass is 9.93. The van der Waals surface area contributed by atoms with Crippen LogP contribution in [0.5, 0.6) is 0 Å². The highest BCUT2D eigenvalue weighted by Crippen LogP contribution is 2.19. The summed E-state index contributed by atoms with van der Waals surface area (Å²) in [6.07, 6.45) is 4.80. The minimum absolute atomic E-state index is 0.242. The lowest BCUT2D eigenvalue weighted by molar-refractivity contribution is 0.0306. The van der Waals surface area contributed by atoms with Crippen LogP contribution in [0.2, 0.25) is 0 Å². The molecule has 0 unspecified atom stereocenters. The number of hydrogen-bond acceptors (Lipinski definition) is 4. The molecule has 0 fully saturated rings. The number of carbonyl (C=O) groups excluding carboxylic acids is 1. The van der Waals surface area contributed by atoms with E-state index in [9.17, 15) is 9.90 Å². The van der Waals surface area contributed by atoms with Crippen LogP contribution in [0, 0.1) is 0 Å². The summed E-state index contributed by atoms with van der Waals surface area (Å²) < 4.78 is 5.04. The van der Waals surface area contributed by atoms with Gasteiger partial charge in [0, 0.05) is 19.6 Å². The molecule has 0 saturated heterocycles. The third-order valence-corrected chi connectivity index (χ3v) is 3.75. The highest BCUT2D eigenvalue weighted by atomic mass is 16.3. The Morgan fingerprint density at radius 3 is 2.40 bits per heavy atom. The van der Waals surface area contributed by atoms with Crippen molar-refractivity contribution in [3.63, 3.8) is 0 Å². The van der Waals surface area contributed by atoms with Crippen LogP contribution in [-0.4, -0.2) is 48.8 Å². The third kappa shape index (κ3) is 8.07. The zero-order valence-electron chi connectivity index (χ0n) is 15.6. The summed E-state index contributed by atoms with van der Waals surface area (Å²) in [7, 11) is 0. The molecule has 25 heavy (non-hydrogen) atoms. The zero-order valence-corrected chi connectivity index (χ0v) is 15.6. The van der Waals surface area contributed by atoms with Gasteiger partial charge in [0.05, 0.1) is 18.4 Å². The first kappa shape index (κ1) is 21.0. The van der Waals surface area contributed by atoms with Crippen molar-refractivity contribution in [2.45, 2.75) is 52.1 Å². The highest BCUT2D eigenvalue weighted by molar-refractivity contribution is 5.91. The maximum atomic E-state index is 11.8. The maximum Gasteiger partial charge on any atom is 0.287 e. The molecule has 7 heteroatoms. The molecule has 0 aromatic carbocycles. The first-order valence-electron chi connectivity index (χ1n) is 9.11. The Labute approximate surface area is 150 Å². The minimum Gasteiger partial charge on any atom is -0.459 e. The van der Waals surface area contributed by atoms with Crippen LogP contribution in [0.25, 0.3) is 0 Å². The second kappa shape index (κ2) is 11.5. The molecule has 0 aliphatic heterocycles. The molecule has 1 aromatic rings. The Morgan fingerprint density at radius 1 is 1.16 bits per heavy atom. The van der Waals surface area contributed by atoms with Crippen molar-refractivity contribution < 1.29 is 14.3 Å². The average Bonchev–Trinajstić information content (AvgIpc) is 3.11. The number of nitrogens with zero attached hydrogens (tertiary/aromatic N) is 1. The van der Waals surface area contributed by atoms with Gasteiger partial charge in [0.2, 0.25) is 0 Å². The first-order chi connectivity index (χ1) is 12.0. The monoisotopic (exact) mass is 352 g/mol.